The van der Waals surface area contributed by atoms with Crippen LogP contribution in [0.25, 0.3) is 0 Å². The fourth-order valence-corrected chi connectivity index (χ4v) is 5.72. The van der Waals surface area contributed by atoms with Crippen LogP contribution in [0.5, 0.6) is 0 Å². The number of hydrogen-bond donors (Lipinski definition) is 6. The largest absolute Gasteiger partial charge is 0.481 e. The van der Waals surface area contributed by atoms with Gasteiger partial charge in [0.2, 0.25) is 17.7 Å². The first-order valence-corrected chi connectivity index (χ1v) is 21.2. The van der Waals surface area contributed by atoms with E-state index in [1.54, 1.807) is 6.92 Å². The van der Waals surface area contributed by atoms with Crippen molar-refractivity contribution < 1.29 is 67.8 Å². The quantitative estimate of drug-likeness (QED) is 0.0466. The molecule has 0 heterocycles. The molecule has 0 spiro atoms. The summed E-state index contributed by atoms with van der Waals surface area (Å²) in [5.74, 6) is -4.11. The van der Waals surface area contributed by atoms with Crippen molar-refractivity contribution in [3.63, 3.8) is 0 Å². The Hall–Kier alpha value is -3.67. The highest BCUT2D eigenvalue weighted by molar-refractivity contribution is 5.84. The van der Waals surface area contributed by atoms with Crippen LogP contribution in [0.4, 0.5) is 0 Å². The van der Waals surface area contributed by atoms with E-state index in [0.29, 0.717) is 45.3 Å². The fourth-order valence-electron chi connectivity index (χ4n) is 5.72. The number of nitrogens with one attached hydrogen (secondary N) is 3. The van der Waals surface area contributed by atoms with Crippen LogP contribution in [0.2, 0.25) is 0 Å². The first-order valence-electron chi connectivity index (χ1n) is 21.2. The Kier molecular flexibility index (Phi) is 36.4. The number of rotatable bonds is 43. The monoisotopic (exact) mass is 832 g/mol. The molecule has 17 heteroatoms. The summed E-state index contributed by atoms with van der Waals surface area (Å²) in [5, 5.41) is 34.9. The molecule has 0 unspecified atom stereocenters. The highest BCUT2D eigenvalue weighted by atomic mass is 16.5. The minimum atomic E-state index is -1.16. The van der Waals surface area contributed by atoms with E-state index in [1.165, 1.54) is 19.3 Å². The van der Waals surface area contributed by atoms with E-state index in [-0.39, 0.29) is 108 Å². The molecular weight excluding hydrogens is 758 g/mol. The van der Waals surface area contributed by atoms with E-state index in [0.717, 1.165) is 51.4 Å². The molecule has 0 saturated carbocycles. The van der Waals surface area contributed by atoms with Crippen molar-refractivity contribution >= 4 is 41.4 Å². The lowest BCUT2D eigenvalue weighted by molar-refractivity contribution is -0.142. The molecule has 0 aliphatic rings. The van der Waals surface area contributed by atoms with Crippen molar-refractivity contribution in [2.75, 3.05) is 65.9 Å². The molecular formula is C41H73N3O14. The summed E-state index contributed by atoms with van der Waals surface area (Å²) >= 11 is 0. The first kappa shape index (κ1) is 54.3. The maximum atomic E-state index is 12.3. The Balaban J connectivity index is 3.66. The molecule has 0 radical (unpaired) electrons. The zero-order valence-electron chi connectivity index (χ0n) is 34.9. The molecule has 0 aromatic heterocycles. The second kappa shape index (κ2) is 38.8. The standard InChI is InChI=1S/C41H73N3O14/c1-33(40(51)52)17-14-15-23-42-37(47)31-58-30-28-56-26-24-43-38(48)32-57-29-27-55-25-16-18-34(45)21-22-35(41(53)54)44-36(46)19-12-10-8-6-4-2-3-5-7-9-11-13-20-39(49)50/h33,35H,2-32H2,1H3,(H,42,47)(H,43,48)(H,44,46)(H,49,50)(H,51,52)(H,53,54)/t33-,35-/m0/s1. The van der Waals surface area contributed by atoms with Gasteiger partial charge in [-0.3, -0.25) is 28.8 Å². The Bertz CT molecular complexity index is 1140. The van der Waals surface area contributed by atoms with E-state index in [4.69, 9.17) is 29.2 Å². The third-order valence-electron chi connectivity index (χ3n) is 9.22. The minimum Gasteiger partial charge on any atom is -0.481 e. The summed E-state index contributed by atoms with van der Waals surface area (Å²) in [7, 11) is 0. The van der Waals surface area contributed by atoms with Crippen molar-refractivity contribution in [3.8, 4) is 0 Å². The molecule has 0 bridgehead atoms. The number of carboxylic acid groups (broad SMARTS) is 3. The van der Waals surface area contributed by atoms with Crippen molar-refractivity contribution in [3.05, 3.63) is 0 Å². The summed E-state index contributed by atoms with van der Waals surface area (Å²) in [5.41, 5.74) is 0. The smallest absolute Gasteiger partial charge is 0.326 e. The van der Waals surface area contributed by atoms with Gasteiger partial charge in [0.1, 0.15) is 25.0 Å². The second-order valence-electron chi connectivity index (χ2n) is 14.5. The molecule has 0 rings (SSSR count). The fraction of sp³-hybridized carbons (Fsp3) is 0.829. The molecule has 17 nitrogen and oxygen atoms in total. The van der Waals surface area contributed by atoms with Gasteiger partial charge in [0.15, 0.2) is 0 Å². The van der Waals surface area contributed by atoms with Gasteiger partial charge >= 0.3 is 17.9 Å². The Morgan fingerprint density at radius 1 is 0.448 bits per heavy atom. The van der Waals surface area contributed by atoms with Crippen molar-refractivity contribution in [1.82, 2.24) is 16.0 Å². The molecule has 0 saturated heterocycles. The molecule has 58 heavy (non-hydrogen) atoms. The average Bonchev–Trinajstić information content (AvgIpc) is 3.17. The highest BCUT2D eigenvalue weighted by Gasteiger charge is 2.21. The van der Waals surface area contributed by atoms with Crippen LogP contribution in [0.3, 0.4) is 0 Å². The number of ether oxygens (including phenoxy) is 4. The molecule has 6 N–H and O–H groups in total. The summed E-state index contributed by atoms with van der Waals surface area (Å²) in [6.07, 6.45) is 15.6. The molecule has 0 fully saturated rings. The number of hydrogen-bond acceptors (Lipinski definition) is 11. The molecule has 0 aromatic carbocycles. The van der Waals surface area contributed by atoms with Crippen LogP contribution in [0, 0.1) is 5.92 Å². The zero-order valence-corrected chi connectivity index (χ0v) is 34.9. The van der Waals surface area contributed by atoms with Gasteiger partial charge in [0, 0.05) is 45.4 Å². The molecule has 3 amide bonds. The lowest BCUT2D eigenvalue weighted by atomic mass is 10.0. The van der Waals surface area contributed by atoms with Gasteiger partial charge in [0.05, 0.1) is 39.0 Å². The topological polar surface area (TPSA) is 253 Å². The van der Waals surface area contributed by atoms with Crippen LogP contribution >= 0.6 is 0 Å². The van der Waals surface area contributed by atoms with Crippen LogP contribution in [0.15, 0.2) is 0 Å². The predicted octanol–water partition coefficient (Wildman–Crippen LogP) is 4.42. The maximum absolute atomic E-state index is 12.3. The number of carbonyl (C=O) groups is 7. The Labute approximate surface area is 344 Å². The second-order valence-corrected chi connectivity index (χ2v) is 14.5. The maximum Gasteiger partial charge on any atom is 0.326 e. The minimum absolute atomic E-state index is 0.0288. The number of aliphatic carboxylic acids is 3. The van der Waals surface area contributed by atoms with Gasteiger partial charge < -0.3 is 50.2 Å². The third-order valence-corrected chi connectivity index (χ3v) is 9.22. The molecule has 0 aliphatic carbocycles. The Morgan fingerprint density at radius 3 is 1.48 bits per heavy atom. The van der Waals surface area contributed by atoms with Crippen molar-refractivity contribution in [2.45, 2.75) is 148 Å². The number of carboxylic acids is 3. The third kappa shape index (κ3) is 37.9. The van der Waals surface area contributed by atoms with Gasteiger partial charge in [0.25, 0.3) is 0 Å². The SMILES string of the molecule is C[C@@H](CCCCNC(=O)COCCOCCNC(=O)COCCOCCCC(=O)CC[C@H](NC(=O)CCCCCCCCCCCCCCC(=O)O)C(=O)O)C(=O)O. The van der Waals surface area contributed by atoms with Crippen LogP contribution < -0.4 is 16.0 Å². The van der Waals surface area contributed by atoms with Gasteiger partial charge in [-0.2, -0.15) is 0 Å². The predicted molar refractivity (Wildman–Crippen MR) is 215 cm³/mol. The molecule has 0 aromatic rings. The molecule has 336 valence electrons. The first-order chi connectivity index (χ1) is 27.9. The van der Waals surface area contributed by atoms with Crippen molar-refractivity contribution in [1.29, 1.82) is 0 Å². The normalized spacial score (nSPS) is 12.1. The van der Waals surface area contributed by atoms with E-state index < -0.39 is 29.9 Å². The highest BCUT2D eigenvalue weighted by Crippen LogP contribution is 2.13. The lowest BCUT2D eigenvalue weighted by Gasteiger charge is -2.14. The summed E-state index contributed by atoms with van der Waals surface area (Å²) in [6.45, 7) is 3.60. The summed E-state index contributed by atoms with van der Waals surface area (Å²) in [4.78, 5) is 81.1. The Morgan fingerprint density at radius 2 is 0.948 bits per heavy atom. The van der Waals surface area contributed by atoms with Crippen molar-refractivity contribution in [2.24, 2.45) is 5.92 Å². The lowest BCUT2D eigenvalue weighted by Crippen LogP contribution is -2.41. The van der Waals surface area contributed by atoms with E-state index in [1.807, 2.05) is 0 Å². The summed E-state index contributed by atoms with van der Waals surface area (Å²) in [6, 6.07) is -1.11. The van der Waals surface area contributed by atoms with E-state index >= 15 is 0 Å². The molecule has 2 atom stereocenters. The number of ketones is 1. The number of amides is 3. The van der Waals surface area contributed by atoms with Crippen LogP contribution in [-0.4, -0.2) is 129 Å². The van der Waals surface area contributed by atoms with Gasteiger partial charge in [-0.05, 0) is 38.5 Å². The van der Waals surface area contributed by atoms with Gasteiger partial charge in [-0.1, -0.05) is 77.6 Å². The number of unbranched alkanes of at least 4 members (excludes halogenated alkanes) is 12. The number of carbonyl (C=O) groups excluding carboxylic acids is 4. The molecule has 0 aliphatic heterocycles. The van der Waals surface area contributed by atoms with Gasteiger partial charge in [-0.15, -0.1) is 0 Å². The average molecular weight is 832 g/mol. The number of Topliss-reactive ketones (excluding diaryl/α,β-unsaturated/α-hetero) is 1. The van der Waals surface area contributed by atoms with Crippen LogP contribution in [0.1, 0.15) is 142 Å². The van der Waals surface area contributed by atoms with E-state index in [2.05, 4.69) is 16.0 Å². The van der Waals surface area contributed by atoms with Gasteiger partial charge in [-0.25, -0.2) is 4.79 Å². The zero-order chi connectivity index (χ0) is 43.1. The summed E-state index contributed by atoms with van der Waals surface area (Å²) < 4.78 is 21.3. The van der Waals surface area contributed by atoms with Crippen LogP contribution in [-0.2, 0) is 52.5 Å². The van der Waals surface area contributed by atoms with E-state index in [9.17, 15) is 38.7 Å².